The molecule has 7 heteroatoms. The maximum Gasteiger partial charge on any atom is 0.168 e. The van der Waals surface area contributed by atoms with Crippen LogP contribution in [-0.2, 0) is 0 Å². The van der Waals surface area contributed by atoms with Crippen molar-refractivity contribution in [3.63, 3.8) is 0 Å². The van der Waals surface area contributed by atoms with E-state index in [9.17, 15) is 0 Å². The van der Waals surface area contributed by atoms with Gasteiger partial charge in [-0.3, -0.25) is 14.6 Å². The third-order valence-corrected chi connectivity index (χ3v) is 8.93. The summed E-state index contributed by atoms with van der Waals surface area (Å²) >= 11 is 0. The molecule has 0 spiro atoms. The second kappa shape index (κ2) is 13.5. The smallest absolute Gasteiger partial charge is 0.168 e. The molecule has 0 N–H and O–H groups in total. The van der Waals surface area contributed by atoms with Crippen molar-refractivity contribution in [2.75, 3.05) is 11.4 Å². The van der Waals surface area contributed by atoms with E-state index in [2.05, 4.69) is 156 Å². The zero-order valence-electron chi connectivity index (χ0n) is 27.7. The molecule has 0 aliphatic carbocycles. The minimum atomic E-state index is -0.200. The summed E-state index contributed by atoms with van der Waals surface area (Å²) < 4.78 is 4.42. The van der Waals surface area contributed by atoms with Gasteiger partial charge in [0.2, 0.25) is 0 Å². The first-order valence-electron chi connectivity index (χ1n) is 16.7. The van der Waals surface area contributed by atoms with Crippen molar-refractivity contribution in [1.29, 1.82) is 0 Å². The summed E-state index contributed by atoms with van der Waals surface area (Å²) in [4.78, 5) is 11.3. The van der Waals surface area contributed by atoms with Crippen molar-refractivity contribution in [2.45, 2.75) is 13.0 Å². The molecule has 242 valence electrons. The van der Waals surface area contributed by atoms with Gasteiger partial charge >= 0.3 is 0 Å². The number of aromatic nitrogens is 4. The predicted octanol–water partition coefficient (Wildman–Crippen LogP) is 10.0. The highest BCUT2D eigenvalue weighted by Gasteiger charge is 2.24. The van der Waals surface area contributed by atoms with E-state index in [0.29, 0.717) is 6.54 Å². The molecular weight excluding hydrogens is 615 g/mol. The van der Waals surface area contributed by atoms with Crippen LogP contribution in [-0.4, -0.2) is 38.3 Å². The van der Waals surface area contributed by atoms with Crippen LogP contribution in [0.5, 0.6) is 0 Å². The van der Waals surface area contributed by atoms with Crippen molar-refractivity contribution in [1.82, 2.24) is 19.3 Å². The lowest BCUT2D eigenvalue weighted by Gasteiger charge is -2.27. The van der Waals surface area contributed by atoms with Crippen LogP contribution in [0, 0.1) is 0 Å². The molecule has 8 rings (SSSR count). The van der Waals surface area contributed by atoms with E-state index >= 15 is 0 Å². The minimum absolute atomic E-state index is 0.200. The number of hydrogen-bond donors (Lipinski definition) is 0. The number of fused-ring (bicyclic) bond motifs is 3. The summed E-state index contributed by atoms with van der Waals surface area (Å²) in [5.41, 5.74) is 8.41. The average Bonchev–Trinajstić information content (AvgIpc) is 3.77. The van der Waals surface area contributed by atoms with Gasteiger partial charge in [-0.1, -0.05) is 73.3 Å². The zero-order chi connectivity index (χ0) is 33.9. The largest absolute Gasteiger partial charge is 0.311 e. The molecule has 0 radical (unpaired) electrons. The topological polar surface area (TPSA) is 63.6 Å². The molecule has 1 aliphatic rings. The van der Waals surface area contributed by atoms with Crippen molar-refractivity contribution >= 4 is 45.6 Å². The van der Waals surface area contributed by atoms with Gasteiger partial charge in [-0.15, -0.1) is 10.2 Å². The molecule has 5 aromatic carbocycles. The molecule has 0 saturated carbocycles. The number of allylic oxidation sites excluding steroid dienone is 4. The fourth-order valence-electron chi connectivity index (χ4n) is 6.73. The Morgan fingerprint density at radius 3 is 1.94 bits per heavy atom. The third kappa shape index (κ3) is 5.54. The summed E-state index contributed by atoms with van der Waals surface area (Å²) in [5.74, 6) is 1.51. The first kappa shape index (κ1) is 30.7. The van der Waals surface area contributed by atoms with Crippen LogP contribution in [0.25, 0.3) is 44.6 Å². The van der Waals surface area contributed by atoms with Gasteiger partial charge in [-0.25, -0.2) is 0 Å². The summed E-state index contributed by atoms with van der Waals surface area (Å²) in [6.07, 6.45) is 11.5. The fraction of sp³-hybridized carbons (Fsp3) is 0.0698. The van der Waals surface area contributed by atoms with Crippen LogP contribution in [0.15, 0.2) is 174 Å². The quantitative estimate of drug-likeness (QED) is 0.146. The lowest BCUT2D eigenvalue weighted by Crippen LogP contribution is -2.15. The van der Waals surface area contributed by atoms with Gasteiger partial charge in [0.15, 0.2) is 11.6 Å². The highest BCUT2D eigenvalue weighted by molar-refractivity contribution is 6.16. The first-order chi connectivity index (χ1) is 24.7. The highest BCUT2D eigenvalue weighted by atomic mass is 15.3. The van der Waals surface area contributed by atoms with E-state index in [1.54, 1.807) is 12.4 Å². The summed E-state index contributed by atoms with van der Waals surface area (Å²) in [5, 5.41) is 11.8. The Bertz CT molecular complexity index is 2370. The van der Waals surface area contributed by atoms with Crippen LogP contribution in [0.4, 0.5) is 11.4 Å². The van der Waals surface area contributed by atoms with Gasteiger partial charge < -0.3 is 9.47 Å². The number of rotatable bonds is 9. The molecule has 1 unspecified atom stereocenters. The Morgan fingerprint density at radius 1 is 0.700 bits per heavy atom. The minimum Gasteiger partial charge on any atom is -0.311 e. The maximum absolute atomic E-state index is 4.68. The highest BCUT2D eigenvalue weighted by Crippen LogP contribution is 2.36. The van der Waals surface area contributed by atoms with Gasteiger partial charge in [0.05, 0.1) is 17.6 Å². The first-order valence-corrected chi connectivity index (χ1v) is 16.7. The standard InChI is InChI=1S/C43H35N7/c1-3-12-32(13-4-2)48(35-24-26-36(27-25-35)49-40-18-10-8-16-37(40)38-17-9-11-19-41(38)49)34-22-20-31(21-23-34)42-46-47-43(39-30-44-28-29-45-39)50(42)33-14-6-5-7-15-33/h3-29,39H,1,30H2,2H3/b13-4-,32-12+. The number of aliphatic imine (C=N–C) groups is 2. The maximum atomic E-state index is 4.68. The van der Waals surface area contributed by atoms with Crippen molar-refractivity contribution in [3.05, 3.63) is 170 Å². The molecule has 0 bridgehead atoms. The van der Waals surface area contributed by atoms with Gasteiger partial charge in [-0.2, -0.15) is 0 Å². The lowest BCUT2D eigenvalue weighted by molar-refractivity contribution is 0.667. The molecular formula is C43H35N7. The van der Waals surface area contributed by atoms with Crippen molar-refractivity contribution in [2.24, 2.45) is 9.98 Å². The van der Waals surface area contributed by atoms with E-state index in [1.165, 1.54) is 21.8 Å². The average molecular weight is 650 g/mol. The third-order valence-electron chi connectivity index (χ3n) is 8.93. The van der Waals surface area contributed by atoms with Crippen LogP contribution in [0.1, 0.15) is 18.8 Å². The normalized spacial score (nSPS) is 14.6. The summed E-state index contributed by atoms with van der Waals surface area (Å²) in [6, 6.07) is 44.3. The molecule has 1 aliphatic heterocycles. The van der Waals surface area contributed by atoms with E-state index in [0.717, 1.165) is 45.7 Å². The molecule has 0 saturated heterocycles. The molecule has 2 aromatic heterocycles. The second-order valence-corrected chi connectivity index (χ2v) is 12.0. The van der Waals surface area contributed by atoms with E-state index in [4.69, 9.17) is 0 Å². The number of hydrogen-bond acceptors (Lipinski definition) is 5. The van der Waals surface area contributed by atoms with E-state index in [-0.39, 0.29) is 6.04 Å². The van der Waals surface area contributed by atoms with Crippen LogP contribution in [0.3, 0.4) is 0 Å². The van der Waals surface area contributed by atoms with E-state index < -0.39 is 0 Å². The Labute approximate surface area is 291 Å². The summed E-state index contributed by atoms with van der Waals surface area (Å²) in [7, 11) is 0. The van der Waals surface area contributed by atoms with Crippen LogP contribution in [0.2, 0.25) is 0 Å². The molecule has 7 aromatic rings. The van der Waals surface area contributed by atoms with Crippen molar-refractivity contribution < 1.29 is 0 Å². The van der Waals surface area contributed by atoms with Crippen LogP contribution >= 0.6 is 0 Å². The van der Waals surface area contributed by atoms with Crippen molar-refractivity contribution in [3.8, 4) is 22.8 Å². The second-order valence-electron chi connectivity index (χ2n) is 12.0. The van der Waals surface area contributed by atoms with Crippen LogP contribution < -0.4 is 4.90 Å². The number of nitrogens with zero attached hydrogens (tertiary/aromatic N) is 7. The molecule has 0 amide bonds. The Kier molecular flexibility index (Phi) is 8.29. The van der Waals surface area contributed by atoms with Gasteiger partial charge in [0, 0.05) is 57.2 Å². The van der Waals surface area contributed by atoms with Gasteiger partial charge in [-0.05, 0) is 91.9 Å². The number of anilines is 2. The molecule has 1 atom stereocenters. The Morgan fingerprint density at radius 2 is 1.32 bits per heavy atom. The van der Waals surface area contributed by atoms with E-state index in [1.807, 2.05) is 43.4 Å². The molecule has 0 fully saturated rings. The summed E-state index contributed by atoms with van der Waals surface area (Å²) in [6.45, 7) is 6.58. The lowest BCUT2D eigenvalue weighted by atomic mass is 10.1. The molecule has 50 heavy (non-hydrogen) atoms. The SMILES string of the molecule is C=C/C=C(\C=C/C)N(c1ccc(-c2nnc(C3CN=CC=N3)n2-c2ccccc2)cc1)c1ccc(-n2c3ccccc3c3ccccc32)cc1. The number of benzene rings is 5. The predicted molar refractivity (Wildman–Crippen MR) is 207 cm³/mol. The Hall–Kier alpha value is -6.60. The number of para-hydroxylation sites is 3. The van der Waals surface area contributed by atoms with Gasteiger partial charge in [0.25, 0.3) is 0 Å². The monoisotopic (exact) mass is 649 g/mol. The zero-order valence-corrected chi connectivity index (χ0v) is 27.7. The fourth-order valence-corrected chi connectivity index (χ4v) is 6.73. The molecule has 3 heterocycles. The van der Waals surface area contributed by atoms with Gasteiger partial charge in [0.1, 0.15) is 6.04 Å². The molecule has 7 nitrogen and oxygen atoms in total. The Balaban J connectivity index is 1.20.